The molecule has 0 radical (unpaired) electrons. The topological polar surface area (TPSA) is 29.3 Å². The molecule has 2 heterocycles. The van der Waals surface area contributed by atoms with Crippen molar-refractivity contribution in [3.63, 3.8) is 0 Å². The highest BCUT2D eigenvalue weighted by Gasteiger charge is 2.32. The van der Waals surface area contributed by atoms with Crippen LogP contribution in [0.25, 0.3) is 4.96 Å². The number of nitrogens with zero attached hydrogens (tertiary/aromatic N) is 2. The van der Waals surface area contributed by atoms with Crippen LogP contribution < -0.4 is 5.32 Å². The first-order valence-corrected chi connectivity index (χ1v) is 9.37. The van der Waals surface area contributed by atoms with E-state index in [2.05, 4.69) is 41.0 Å². The number of aryl methyl sites for hydroxylation is 2. The molecule has 0 aliphatic heterocycles. The zero-order chi connectivity index (χ0) is 14.2. The summed E-state index contributed by atoms with van der Waals surface area (Å²) in [4.78, 5) is 7.10. The monoisotopic (exact) mass is 309 g/mol. The van der Waals surface area contributed by atoms with Crippen LogP contribution in [0.2, 0.25) is 0 Å². The van der Waals surface area contributed by atoms with E-state index >= 15 is 0 Å². The Bertz CT molecular complexity index is 594. The van der Waals surface area contributed by atoms with Gasteiger partial charge in [0.15, 0.2) is 4.96 Å². The molecule has 3 nitrogen and oxygen atoms in total. The molecular weight excluding hydrogens is 286 g/mol. The van der Waals surface area contributed by atoms with Crippen LogP contribution in [0.15, 0.2) is 6.20 Å². The number of imidazole rings is 1. The fourth-order valence-corrected chi connectivity index (χ4v) is 5.04. The van der Waals surface area contributed by atoms with E-state index in [1.54, 1.807) is 11.3 Å². The number of rotatable bonds is 5. The van der Waals surface area contributed by atoms with E-state index in [-0.39, 0.29) is 0 Å². The molecule has 110 valence electrons. The van der Waals surface area contributed by atoms with E-state index in [1.807, 2.05) is 11.8 Å². The first-order valence-electron chi connectivity index (χ1n) is 7.33. The highest BCUT2D eigenvalue weighted by Crippen LogP contribution is 2.39. The molecule has 2 aromatic rings. The van der Waals surface area contributed by atoms with Gasteiger partial charge < -0.3 is 5.32 Å². The van der Waals surface area contributed by atoms with Crippen LogP contribution in [0.5, 0.6) is 0 Å². The molecule has 5 heteroatoms. The maximum absolute atomic E-state index is 4.66. The van der Waals surface area contributed by atoms with E-state index in [4.69, 9.17) is 0 Å². The summed E-state index contributed by atoms with van der Waals surface area (Å²) < 4.78 is 2.73. The second kappa shape index (κ2) is 5.70. The lowest BCUT2D eigenvalue weighted by Gasteiger charge is -2.27. The SMILES string of the molecule is CSC1(CNCc2c(C)nc3sc(C)cn23)CCCC1. The number of thioether (sulfide) groups is 1. The Balaban J connectivity index is 1.69. The predicted molar refractivity (Wildman–Crippen MR) is 89.0 cm³/mol. The van der Waals surface area contributed by atoms with Gasteiger partial charge >= 0.3 is 0 Å². The maximum atomic E-state index is 4.66. The lowest BCUT2D eigenvalue weighted by atomic mass is 10.1. The van der Waals surface area contributed by atoms with Gasteiger partial charge in [0.2, 0.25) is 0 Å². The number of hydrogen-bond acceptors (Lipinski definition) is 4. The average Bonchev–Trinajstić information content (AvgIpc) is 3.08. The predicted octanol–water partition coefficient (Wildman–Crippen LogP) is 3.78. The number of fused-ring (bicyclic) bond motifs is 1. The van der Waals surface area contributed by atoms with E-state index in [9.17, 15) is 0 Å². The van der Waals surface area contributed by atoms with Crippen molar-refractivity contribution in [2.24, 2.45) is 0 Å². The van der Waals surface area contributed by atoms with Crippen LogP contribution in [0, 0.1) is 13.8 Å². The minimum atomic E-state index is 0.474. The summed E-state index contributed by atoms with van der Waals surface area (Å²) in [6.07, 6.45) is 9.97. The quantitative estimate of drug-likeness (QED) is 0.911. The molecule has 2 aromatic heterocycles. The Hall–Kier alpha value is -0.520. The Morgan fingerprint density at radius 1 is 1.40 bits per heavy atom. The normalized spacial score (nSPS) is 18.1. The molecule has 0 spiro atoms. The summed E-state index contributed by atoms with van der Waals surface area (Å²) in [5, 5.41) is 3.69. The summed E-state index contributed by atoms with van der Waals surface area (Å²) in [6, 6.07) is 0. The summed E-state index contributed by atoms with van der Waals surface area (Å²) in [5.74, 6) is 0. The van der Waals surface area contributed by atoms with Crippen LogP contribution in [-0.4, -0.2) is 26.9 Å². The molecule has 0 bridgehead atoms. The van der Waals surface area contributed by atoms with Gasteiger partial charge in [-0.1, -0.05) is 12.8 Å². The number of aromatic nitrogens is 2. The van der Waals surface area contributed by atoms with Crippen molar-refractivity contribution >= 4 is 28.1 Å². The molecule has 1 aliphatic rings. The van der Waals surface area contributed by atoms with Gasteiger partial charge in [0.1, 0.15) is 0 Å². The number of nitrogens with one attached hydrogen (secondary N) is 1. The second-order valence-corrected chi connectivity index (χ2v) is 8.32. The largest absolute Gasteiger partial charge is 0.310 e. The molecule has 0 saturated heterocycles. The van der Waals surface area contributed by atoms with Crippen LogP contribution in [0.1, 0.15) is 41.9 Å². The van der Waals surface area contributed by atoms with Crippen molar-refractivity contribution < 1.29 is 0 Å². The highest BCUT2D eigenvalue weighted by atomic mass is 32.2. The van der Waals surface area contributed by atoms with E-state index in [1.165, 1.54) is 36.3 Å². The molecule has 1 fully saturated rings. The Morgan fingerprint density at radius 3 is 2.85 bits per heavy atom. The first-order chi connectivity index (χ1) is 9.63. The van der Waals surface area contributed by atoms with Crippen LogP contribution in [0.3, 0.4) is 0 Å². The van der Waals surface area contributed by atoms with Gasteiger partial charge in [-0.25, -0.2) is 4.98 Å². The maximum Gasteiger partial charge on any atom is 0.194 e. The minimum Gasteiger partial charge on any atom is -0.310 e. The summed E-state index contributed by atoms with van der Waals surface area (Å²) in [7, 11) is 0. The van der Waals surface area contributed by atoms with Crippen molar-refractivity contribution in [2.45, 2.75) is 50.8 Å². The Kier molecular flexibility index (Phi) is 4.11. The van der Waals surface area contributed by atoms with Gasteiger partial charge in [0.05, 0.1) is 11.4 Å². The Morgan fingerprint density at radius 2 is 2.15 bits per heavy atom. The van der Waals surface area contributed by atoms with Gasteiger partial charge in [-0.05, 0) is 32.9 Å². The zero-order valence-electron chi connectivity index (χ0n) is 12.5. The van der Waals surface area contributed by atoms with Gasteiger partial charge in [0.25, 0.3) is 0 Å². The molecule has 1 N–H and O–H groups in total. The Labute approximate surface area is 129 Å². The average molecular weight is 310 g/mol. The highest BCUT2D eigenvalue weighted by molar-refractivity contribution is 8.00. The van der Waals surface area contributed by atoms with Crippen molar-refractivity contribution in [1.82, 2.24) is 14.7 Å². The summed E-state index contributed by atoms with van der Waals surface area (Å²) in [5.41, 5.74) is 2.48. The third-order valence-electron chi connectivity index (χ3n) is 4.43. The molecule has 0 amide bonds. The molecule has 3 rings (SSSR count). The molecule has 0 unspecified atom stereocenters. The van der Waals surface area contributed by atoms with Gasteiger partial charge in [-0.15, -0.1) is 11.3 Å². The molecule has 0 atom stereocenters. The molecule has 1 aliphatic carbocycles. The second-order valence-electron chi connectivity index (χ2n) is 5.84. The smallest absolute Gasteiger partial charge is 0.194 e. The van der Waals surface area contributed by atoms with Crippen LogP contribution in [0.4, 0.5) is 0 Å². The lowest BCUT2D eigenvalue weighted by molar-refractivity contribution is 0.529. The van der Waals surface area contributed by atoms with E-state index < -0.39 is 0 Å². The number of hydrogen-bond donors (Lipinski definition) is 1. The van der Waals surface area contributed by atoms with Gasteiger partial charge in [-0.3, -0.25) is 4.40 Å². The van der Waals surface area contributed by atoms with Crippen molar-refractivity contribution in [3.8, 4) is 0 Å². The molecule has 1 saturated carbocycles. The summed E-state index contributed by atoms with van der Waals surface area (Å²) >= 11 is 3.82. The molecule has 20 heavy (non-hydrogen) atoms. The third-order valence-corrected chi connectivity index (χ3v) is 6.75. The zero-order valence-corrected chi connectivity index (χ0v) is 14.2. The molecular formula is C15H23N3S2. The van der Waals surface area contributed by atoms with Gasteiger partial charge in [0, 0.05) is 28.9 Å². The molecule has 0 aromatic carbocycles. The number of thiazole rings is 1. The fourth-order valence-electron chi connectivity index (χ4n) is 3.20. The van der Waals surface area contributed by atoms with Crippen molar-refractivity contribution in [3.05, 3.63) is 22.5 Å². The standard InChI is InChI=1S/C15H23N3S2/c1-11-9-18-13(12(2)17-14(18)20-11)8-16-10-15(19-3)6-4-5-7-15/h9,16H,4-8,10H2,1-3H3. The van der Waals surface area contributed by atoms with Gasteiger partial charge in [-0.2, -0.15) is 11.8 Å². The first kappa shape index (κ1) is 14.4. The van der Waals surface area contributed by atoms with E-state index in [0.29, 0.717) is 4.75 Å². The van der Waals surface area contributed by atoms with Crippen LogP contribution >= 0.6 is 23.1 Å². The fraction of sp³-hybridized carbons (Fsp3) is 0.667. The van der Waals surface area contributed by atoms with E-state index in [0.717, 1.165) is 23.7 Å². The van der Waals surface area contributed by atoms with Crippen molar-refractivity contribution in [1.29, 1.82) is 0 Å². The lowest BCUT2D eigenvalue weighted by Crippen LogP contribution is -2.35. The van der Waals surface area contributed by atoms with Crippen LogP contribution in [-0.2, 0) is 6.54 Å². The third kappa shape index (κ3) is 2.63. The van der Waals surface area contributed by atoms with Crippen molar-refractivity contribution in [2.75, 3.05) is 12.8 Å². The minimum absolute atomic E-state index is 0.474. The summed E-state index contributed by atoms with van der Waals surface area (Å²) in [6.45, 7) is 6.30.